The highest BCUT2D eigenvalue weighted by molar-refractivity contribution is 6.01. The van der Waals surface area contributed by atoms with Gasteiger partial charge in [-0.25, -0.2) is 0 Å². The molecule has 0 aliphatic heterocycles. The summed E-state index contributed by atoms with van der Waals surface area (Å²) in [5.41, 5.74) is 3.13. The Hall–Kier alpha value is -1.84. The molecule has 20 heavy (non-hydrogen) atoms. The standard InChI is InChI=1S/C16H22N4/c1-11(17)6-8-15(18)13-4-3-5-14(10-13)16-9-7-12(2)19-20-16/h6-9,13-14,17-18H,3-5,10H2,1-2H3/b8-6-,17-11?,18-15?/t13-,14-/m0/s1. The molecule has 106 valence electrons. The van der Waals surface area contributed by atoms with Crippen LogP contribution in [-0.4, -0.2) is 21.6 Å². The molecule has 2 atom stereocenters. The Morgan fingerprint density at radius 1 is 1.20 bits per heavy atom. The molecule has 1 aromatic rings. The summed E-state index contributed by atoms with van der Waals surface area (Å²) in [6.45, 7) is 3.68. The molecule has 1 aliphatic rings. The first-order valence-corrected chi connectivity index (χ1v) is 7.18. The first-order valence-electron chi connectivity index (χ1n) is 7.18. The van der Waals surface area contributed by atoms with Gasteiger partial charge in [-0.2, -0.15) is 10.2 Å². The van der Waals surface area contributed by atoms with Crippen molar-refractivity contribution >= 4 is 11.4 Å². The second-order valence-electron chi connectivity index (χ2n) is 5.63. The second-order valence-corrected chi connectivity index (χ2v) is 5.63. The highest BCUT2D eigenvalue weighted by Gasteiger charge is 2.26. The summed E-state index contributed by atoms with van der Waals surface area (Å²) in [6, 6.07) is 4.08. The highest BCUT2D eigenvalue weighted by atomic mass is 15.1. The van der Waals surface area contributed by atoms with Crippen LogP contribution in [0.3, 0.4) is 0 Å². The number of nitrogens with zero attached hydrogens (tertiary/aromatic N) is 2. The number of hydrogen-bond donors (Lipinski definition) is 2. The Balaban J connectivity index is 2.03. The Morgan fingerprint density at radius 2 is 2.00 bits per heavy atom. The van der Waals surface area contributed by atoms with Gasteiger partial charge in [-0.15, -0.1) is 0 Å². The lowest BCUT2D eigenvalue weighted by Crippen LogP contribution is -2.21. The second kappa shape index (κ2) is 6.55. The molecule has 0 saturated heterocycles. The van der Waals surface area contributed by atoms with Crippen molar-refractivity contribution in [3.63, 3.8) is 0 Å². The van der Waals surface area contributed by atoms with Crippen LogP contribution >= 0.6 is 0 Å². The Kier molecular flexibility index (Phi) is 4.77. The van der Waals surface area contributed by atoms with Gasteiger partial charge in [0.2, 0.25) is 0 Å². The maximum Gasteiger partial charge on any atom is 0.0662 e. The van der Waals surface area contributed by atoms with Crippen molar-refractivity contribution in [1.29, 1.82) is 10.8 Å². The van der Waals surface area contributed by atoms with Gasteiger partial charge < -0.3 is 10.8 Å². The van der Waals surface area contributed by atoms with Crippen LogP contribution < -0.4 is 0 Å². The monoisotopic (exact) mass is 270 g/mol. The number of rotatable bonds is 4. The van der Waals surface area contributed by atoms with Crippen molar-refractivity contribution in [2.24, 2.45) is 5.92 Å². The van der Waals surface area contributed by atoms with Crippen LogP contribution in [0.2, 0.25) is 0 Å². The van der Waals surface area contributed by atoms with Crippen LogP contribution in [0.1, 0.15) is 49.9 Å². The number of allylic oxidation sites excluding steroid dienone is 2. The van der Waals surface area contributed by atoms with Gasteiger partial charge in [0.1, 0.15) is 0 Å². The highest BCUT2D eigenvalue weighted by Crippen LogP contribution is 2.35. The fourth-order valence-electron chi connectivity index (χ4n) is 2.72. The lowest BCUT2D eigenvalue weighted by Gasteiger charge is -2.28. The van der Waals surface area contributed by atoms with Crippen LogP contribution in [-0.2, 0) is 0 Å². The minimum absolute atomic E-state index is 0.285. The van der Waals surface area contributed by atoms with E-state index in [-0.39, 0.29) is 5.92 Å². The van der Waals surface area contributed by atoms with E-state index in [4.69, 9.17) is 10.8 Å². The van der Waals surface area contributed by atoms with Crippen LogP contribution in [0.15, 0.2) is 24.3 Å². The molecule has 0 bridgehead atoms. The van der Waals surface area contributed by atoms with Gasteiger partial charge in [0, 0.05) is 23.3 Å². The Morgan fingerprint density at radius 3 is 2.65 bits per heavy atom. The van der Waals surface area contributed by atoms with Crippen molar-refractivity contribution in [2.45, 2.75) is 45.4 Å². The maximum atomic E-state index is 8.14. The quantitative estimate of drug-likeness (QED) is 0.819. The molecule has 0 spiro atoms. The summed E-state index contributed by atoms with van der Waals surface area (Å²) in [5, 5.41) is 24.0. The van der Waals surface area contributed by atoms with Gasteiger partial charge in [0.25, 0.3) is 0 Å². The lowest BCUT2D eigenvalue weighted by atomic mass is 9.77. The maximum absolute atomic E-state index is 8.14. The van der Waals surface area contributed by atoms with Crippen LogP contribution in [0.5, 0.6) is 0 Å². The van der Waals surface area contributed by atoms with Crippen molar-refractivity contribution < 1.29 is 0 Å². The van der Waals surface area contributed by atoms with Crippen LogP contribution in [0.25, 0.3) is 0 Å². The van der Waals surface area contributed by atoms with Crippen LogP contribution in [0, 0.1) is 23.7 Å². The summed E-state index contributed by atoms with van der Waals surface area (Å²) in [7, 11) is 0. The van der Waals surface area contributed by atoms with Crippen molar-refractivity contribution in [3.8, 4) is 0 Å². The van der Waals surface area contributed by atoms with Crippen LogP contribution in [0.4, 0.5) is 0 Å². The van der Waals surface area contributed by atoms with Gasteiger partial charge >= 0.3 is 0 Å². The molecule has 0 aromatic carbocycles. The molecule has 4 heteroatoms. The van der Waals surface area contributed by atoms with Crippen molar-refractivity contribution in [1.82, 2.24) is 10.2 Å². The number of aromatic nitrogens is 2. The smallest absolute Gasteiger partial charge is 0.0662 e. The van der Waals surface area contributed by atoms with Gasteiger partial charge in [-0.1, -0.05) is 6.42 Å². The summed E-state index contributed by atoms with van der Waals surface area (Å²) < 4.78 is 0. The largest absolute Gasteiger partial charge is 0.306 e. The Labute approximate surface area is 120 Å². The van der Waals surface area contributed by atoms with E-state index >= 15 is 0 Å². The molecule has 1 fully saturated rings. The van der Waals surface area contributed by atoms with E-state index in [1.807, 2.05) is 13.0 Å². The average molecular weight is 270 g/mol. The molecule has 0 unspecified atom stereocenters. The third-order valence-electron chi connectivity index (χ3n) is 3.86. The fourth-order valence-corrected chi connectivity index (χ4v) is 2.72. The molecule has 1 heterocycles. The van der Waals surface area contributed by atoms with E-state index < -0.39 is 0 Å². The Bertz CT molecular complexity index is 516. The third-order valence-corrected chi connectivity index (χ3v) is 3.86. The molecule has 0 amide bonds. The van der Waals surface area contributed by atoms with Gasteiger partial charge in [0.05, 0.1) is 11.4 Å². The van der Waals surface area contributed by atoms with Crippen molar-refractivity contribution in [3.05, 3.63) is 35.7 Å². The fraction of sp³-hybridized carbons (Fsp3) is 0.500. The molecular weight excluding hydrogens is 248 g/mol. The van der Waals surface area contributed by atoms with E-state index in [2.05, 4.69) is 16.3 Å². The minimum Gasteiger partial charge on any atom is -0.306 e. The number of nitrogens with one attached hydrogen (secondary N) is 2. The average Bonchev–Trinajstić information content (AvgIpc) is 2.45. The third kappa shape index (κ3) is 3.83. The zero-order valence-corrected chi connectivity index (χ0v) is 12.2. The summed E-state index contributed by atoms with van der Waals surface area (Å²) in [5.74, 6) is 0.698. The molecule has 1 aromatic heterocycles. The molecule has 4 nitrogen and oxygen atoms in total. The molecular formula is C16H22N4. The normalized spacial score (nSPS) is 22.9. The topological polar surface area (TPSA) is 73.5 Å². The zero-order valence-electron chi connectivity index (χ0n) is 12.2. The molecule has 1 saturated carbocycles. The van der Waals surface area contributed by atoms with Crippen molar-refractivity contribution in [2.75, 3.05) is 0 Å². The minimum atomic E-state index is 0.285. The van der Waals surface area contributed by atoms with E-state index in [1.54, 1.807) is 19.1 Å². The predicted octanol–water partition coefficient (Wildman–Crippen LogP) is 3.67. The molecule has 2 rings (SSSR count). The molecule has 0 radical (unpaired) electrons. The first-order chi connectivity index (χ1) is 9.56. The van der Waals surface area contributed by atoms with Gasteiger partial charge in [-0.3, -0.25) is 0 Å². The summed E-state index contributed by atoms with van der Waals surface area (Å²) >= 11 is 0. The van der Waals surface area contributed by atoms with E-state index in [9.17, 15) is 0 Å². The van der Waals surface area contributed by atoms with E-state index in [1.165, 1.54) is 0 Å². The number of hydrogen-bond acceptors (Lipinski definition) is 4. The predicted molar refractivity (Wildman–Crippen MR) is 81.7 cm³/mol. The molecule has 1 aliphatic carbocycles. The first kappa shape index (κ1) is 14.6. The van der Waals surface area contributed by atoms with Gasteiger partial charge in [-0.05, 0) is 57.4 Å². The summed E-state index contributed by atoms with van der Waals surface area (Å²) in [4.78, 5) is 0. The molecule has 2 N–H and O–H groups in total. The van der Waals surface area contributed by atoms with Gasteiger partial charge in [0.15, 0.2) is 0 Å². The number of aryl methyl sites for hydroxylation is 1. The lowest BCUT2D eigenvalue weighted by molar-refractivity contribution is 0.382. The summed E-state index contributed by atoms with van der Waals surface area (Å²) in [6.07, 6.45) is 7.78. The zero-order chi connectivity index (χ0) is 14.5. The van der Waals surface area contributed by atoms with E-state index in [0.29, 0.717) is 17.3 Å². The van der Waals surface area contributed by atoms with E-state index in [0.717, 1.165) is 37.1 Å². The SMILES string of the molecule is CC(=N)/C=C\C(=N)[C@H]1CCC[C@H](c2ccc(C)nn2)C1.